The second-order valence-electron chi connectivity index (χ2n) is 10.7. The number of aromatic amines is 1. The Morgan fingerprint density at radius 2 is 1.90 bits per heavy atom. The summed E-state index contributed by atoms with van der Waals surface area (Å²) in [5, 5.41) is 5.15. The van der Waals surface area contributed by atoms with Gasteiger partial charge in [-0.05, 0) is 31.4 Å². The van der Waals surface area contributed by atoms with Gasteiger partial charge in [0.25, 0.3) is 0 Å². The maximum absolute atomic E-state index is 13.1. The molecule has 0 spiro atoms. The van der Waals surface area contributed by atoms with E-state index in [9.17, 15) is 13.2 Å². The summed E-state index contributed by atoms with van der Waals surface area (Å²) in [6, 6.07) is 6.32. The van der Waals surface area contributed by atoms with Crippen molar-refractivity contribution in [2.75, 3.05) is 11.4 Å². The SMILES string of the molecule is CCc1cccc2c1-n1nc3c(c1C1(C)C2=CC(C)(Cl)c2nc[nH]c21)CN(c1ncc(C(F)(F)F)cn1)CC3. The maximum atomic E-state index is 13.1. The number of benzene rings is 1. The van der Waals surface area contributed by atoms with Crippen molar-refractivity contribution in [1.82, 2.24) is 29.7 Å². The van der Waals surface area contributed by atoms with Crippen molar-refractivity contribution in [1.29, 1.82) is 0 Å². The summed E-state index contributed by atoms with van der Waals surface area (Å²) < 4.78 is 41.4. The number of aryl methyl sites for hydroxylation is 1. The largest absolute Gasteiger partial charge is 0.419 e. The van der Waals surface area contributed by atoms with Crippen LogP contribution in [-0.2, 0) is 35.9 Å². The highest BCUT2D eigenvalue weighted by Crippen LogP contribution is 2.57. The van der Waals surface area contributed by atoms with Crippen LogP contribution in [0.4, 0.5) is 19.1 Å². The molecule has 3 aliphatic rings. The Labute approximate surface area is 227 Å². The Kier molecular flexibility index (Phi) is 4.96. The molecule has 39 heavy (non-hydrogen) atoms. The van der Waals surface area contributed by atoms with Gasteiger partial charge in [0.05, 0.1) is 45.8 Å². The number of halogens is 4. The van der Waals surface area contributed by atoms with Crippen molar-refractivity contribution >= 4 is 23.1 Å². The number of hydrogen-bond acceptors (Lipinski definition) is 5. The van der Waals surface area contributed by atoms with Crippen LogP contribution >= 0.6 is 11.6 Å². The molecule has 0 fully saturated rings. The van der Waals surface area contributed by atoms with Gasteiger partial charge < -0.3 is 9.88 Å². The molecule has 7 rings (SSSR count). The van der Waals surface area contributed by atoms with Crippen molar-refractivity contribution in [3.8, 4) is 5.69 Å². The number of para-hydroxylation sites is 1. The molecule has 2 aliphatic heterocycles. The molecule has 0 bridgehead atoms. The monoisotopic (exact) mass is 551 g/mol. The smallest absolute Gasteiger partial charge is 0.347 e. The summed E-state index contributed by atoms with van der Waals surface area (Å²) in [6.07, 6.45) is 2.43. The van der Waals surface area contributed by atoms with Crippen LogP contribution in [-0.4, -0.2) is 36.3 Å². The predicted octanol–water partition coefficient (Wildman–Crippen LogP) is 5.70. The van der Waals surface area contributed by atoms with E-state index < -0.39 is 22.0 Å². The fraction of sp³-hybridized carbons (Fsp3) is 0.357. The maximum Gasteiger partial charge on any atom is 0.419 e. The minimum atomic E-state index is -4.49. The van der Waals surface area contributed by atoms with E-state index >= 15 is 0 Å². The number of hydrogen-bond donors (Lipinski definition) is 1. The molecule has 0 radical (unpaired) electrons. The molecule has 1 N–H and O–H groups in total. The third-order valence-corrected chi connectivity index (χ3v) is 8.60. The zero-order chi connectivity index (χ0) is 27.3. The molecule has 1 aliphatic carbocycles. The number of allylic oxidation sites excluding steroid dienone is 2. The molecular weight excluding hydrogens is 527 g/mol. The van der Waals surface area contributed by atoms with Crippen LogP contribution in [0.2, 0.25) is 0 Å². The van der Waals surface area contributed by atoms with E-state index in [1.54, 1.807) is 6.33 Å². The molecule has 2 atom stereocenters. The van der Waals surface area contributed by atoms with E-state index in [1.165, 1.54) is 5.56 Å². The molecule has 0 amide bonds. The van der Waals surface area contributed by atoms with E-state index in [1.807, 2.05) is 11.8 Å². The lowest BCUT2D eigenvalue weighted by Gasteiger charge is -2.44. The lowest BCUT2D eigenvalue weighted by atomic mass is 9.64. The molecule has 7 nitrogen and oxygen atoms in total. The lowest BCUT2D eigenvalue weighted by Crippen LogP contribution is -2.41. The standard InChI is InChI=1S/C28H25ClF3N7/c1-4-15-6-5-7-17-19-10-26(2,29)22-23(36-14-35-22)27(19,3)24-18-13-38(9-8-20(18)37-39(24)21(15)17)25-33-11-16(12-34-25)28(30,31)32/h5-7,10-12,14H,4,8-9,13H2,1-3H3,(H,35,36). The van der Waals surface area contributed by atoms with E-state index in [2.05, 4.69) is 62.7 Å². The molecular formula is C28H25ClF3N7. The number of rotatable bonds is 2. The first kappa shape index (κ1) is 24.4. The Bertz CT molecular complexity index is 1670. The summed E-state index contributed by atoms with van der Waals surface area (Å²) in [5.74, 6) is 0.263. The quantitative estimate of drug-likeness (QED) is 0.323. The zero-order valence-corrected chi connectivity index (χ0v) is 22.3. The average Bonchev–Trinajstić information content (AvgIpc) is 3.56. The van der Waals surface area contributed by atoms with Gasteiger partial charge in [-0.15, -0.1) is 11.6 Å². The molecule has 5 heterocycles. The van der Waals surface area contributed by atoms with Gasteiger partial charge >= 0.3 is 6.18 Å². The second-order valence-corrected chi connectivity index (χ2v) is 11.5. The second kappa shape index (κ2) is 7.94. The first-order valence-corrected chi connectivity index (χ1v) is 13.3. The number of anilines is 1. The van der Waals surface area contributed by atoms with Crippen molar-refractivity contribution in [3.63, 3.8) is 0 Å². The van der Waals surface area contributed by atoms with E-state index in [-0.39, 0.29) is 5.95 Å². The van der Waals surface area contributed by atoms with Crippen LogP contribution in [0.1, 0.15) is 65.8 Å². The molecule has 2 unspecified atom stereocenters. The Hall–Kier alpha value is -3.66. The Morgan fingerprint density at radius 3 is 2.62 bits per heavy atom. The summed E-state index contributed by atoms with van der Waals surface area (Å²) in [7, 11) is 0. The lowest BCUT2D eigenvalue weighted by molar-refractivity contribution is -0.138. The average molecular weight is 552 g/mol. The number of imidazole rings is 1. The van der Waals surface area contributed by atoms with Gasteiger partial charge in [0, 0.05) is 43.0 Å². The topological polar surface area (TPSA) is 75.5 Å². The van der Waals surface area contributed by atoms with Crippen LogP contribution in [0.3, 0.4) is 0 Å². The van der Waals surface area contributed by atoms with Gasteiger partial charge in [-0.25, -0.2) is 19.6 Å². The van der Waals surface area contributed by atoms with Crippen molar-refractivity contribution < 1.29 is 13.2 Å². The van der Waals surface area contributed by atoms with Crippen LogP contribution < -0.4 is 4.90 Å². The number of alkyl halides is 4. The minimum absolute atomic E-state index is 0.263. The van der Waals surface area contributed by atoms with Crippen molar-refractivity contribution in [2.24, 2.45) is 0 Å². The molecule has 1 aromatic carbocycles. The van der Waals surface area contributed by atoms with Crippen LogP contribution in [0.25, 0.3) is 11.3 Å². The molecule has 3 aromatic heterocycles. The minimum Gasteiger partial charge on any atom is -0.347 e. The van der Waals surface area contributed by atoms with Gasteiger partial charge in [-0.1, -0.05) is 31.2 Å². The fourth-order valence-corrected chi connectivity index (χ4v) is 6.70. The summed E-state index contributed by atoms with van der Waals surface area (Å²) in [5.41, 5.74) is 7.56. The number of nitrogens with zero attached hydrogens (tertiary/aromatic N) is 6. The van der Waals surface area contributed by atoms with Crippen LogP contribution in [0.5, 0.6) is 0 Å². The molecule has 0 saturated heterocycles. The fourth-order valence-electron chi connectivity index (χ4n) is 6.45. The van der Waals surface area contributed by atoms with Crippen LogP contribution in [0.15, 0.2) is 43.0 Å². The summed E-state index contributed by atoms with van der Waals surface area (Å²) in [6.45, 7) is 7.22. The molecule has 11 heteroatoms. The van der Waals surface area contributed by atoms with Gasteiger partial charge in [0.2, 0.25) is 5.95 Å². The van der Waals surface area contributed by atoms with Crippen molar-refractivity contribution in [2.45, 2.75) is 56.6 Å². The Morgan fingerprint density at radius 1 is 1.13 bits per heavy atom. The zero-order valence-electron chi connectivity index (χ0n) is 21.6. The highest BCUT2D eigenvalue weighted by Gasteiger charge is 2.52. The van der Waals surface area contributed by atoms with E-state index in [0.717, 1.165) is 64.0 Å². The number of nitrogens with one attached hydrogen (secondary N) is 1. The van der Waals surface area contributed by atoms with Gasteiger partial charge in [0.1, 0.15) is 4.87 Å². The molecule has 4 aromatic rings. The number of fused-ring (bicyclic) bond motifs is 10. The van der Waals surface area contributed by atoms with E-state index in [4.69, 9.17) is 16.7 Å². The van der Waals surface area contributed by atoms with Gasteiger partial charge in [0.15, 0.2) is 0 Å². The van der Waals surface area contributed by atoms with Gasteiger partial charge in [-0.2, -0.15) is 18.3 Å². The highest BCUT2D eigenvalue weighted by molar-refractivity contribution is 6.26. The Balaban J connectivity index is 1.44. The first-order chi connectivity index (χ1) is 18.5. The third kappa shape index (κ3) is 3.30. The highest BCUT2D eigenvalue weighted by atomic mass is 35.5. The molecule has 200 valence electrons. The van der Waals surface area contributed by atoms with Gasteiger partial charge in [-0.3, -0.25) is 0 Å². The molecule has 0 saturated carbocycles. The van der Waals surface area contributed by atoms with Crippen molar-refractivity contribution in [3.05, 3.63) is 88.0 Å². The summed E-state index contributed by atoms with van der Waals surface area (Å²) >= 11 is 7.07. The normalized spacial score (nSPS) is 23.4. The first-order valence-electron chi connectivity index (χ1n) is 12.9. The van der Waals surface area contributed by atoms with Crippen LogP contribution in [0, 0.1) is 0 Å². The third-order valence-electron chi connectivity index (χ3n) is 8.32. The van der Waals surface area contributed by atoms with E-state index in [0.29, 0.717) is 19.5 Å². The number of aromatic nitrogens is 6. The summed E-state index contributed by atoms with van der Waals surface area (Å²) in [4.78, 5) is 17.3. The predicted molar refractivity (Wildman–Crippen MR) is 141 cm³/mol. The number of H-pyrrole nitrogens is 1.